The SMILES string of the molecule is C=C(C)C(=O)N1C[C@H]2CCN(Cc3csc(C)n3)CC[C@H]2C1. The van der Waals surface area contributed by atoms with Crippen molar-refractivity contribution in [2.75, 3.05) is 26.2 Å². The van der Waals surface area contributed by atoms with Gasteiger partial charge in [0.1, 0.15) is 0 Å². The molecule has 0 N–H and O–H groups in total. The molecule has 4 nitrogen and oxygen atoms in total. The van der Waals surface area contributed by atoms with Crippen molar-refractivity contribution in [3.63, 3.8) is 0 Å². The molecular formula is C17H25N3OS. The molecule has 2 fully saturated rings. The van der Waals surface area contributed by atoms with Crippen LogP contribution in [0.3, 0.4) is 0 Å². The summed E-state index contributed by atoms with van der Waals surface area (Å²) in [7, 11) is 0. The van der Waals surface area contributed by atoms with Gasteiger partial charge in [-0.25, -0.2) is 4.98 Å². The lowest BCUT2D eigenvalue weighted by Gasteiger charge is -2.21. The summed E-state index contributed by atoms with van der Waals surface area (Å²) in [5, 5.41) is 3.32. The number of carbonyl (C=O) groups is 1. The van der Waals surface area contributed by atoms with Gasteiger partial charge in [0, 0.05) is 30.6 Å². The zero-order valence-corrected chi connectivity index (χ0v) is 14.4. The number of hydrogen-bond donors (Lipinski definition) is 0. The lowest BCUT2D eigenvalue weighted by molar-refractivity contribution is -0.126. The van der Waals surface area contributed by atoms with E-state index in [0.29, 0.717) is 17.4 Å². The molecule has 0 saturated carbocycles. The molecule has 2 aliphatic heterocycles. The molecule has 2 atom stereocenters. The number of nitrogens with zero attached hydrogens (tertiary/aromatic N) is 3. The lowest BCUT2D eigenvalue weighted by atomic mass is 9.92. The van der Waals surface area contributed by atoms with E-state index in [9.17, 15) is 4.79 Å². The number of aryl methyl sites for hydroxylation is 1. The van der Waals surface area contributed by atoms with Gasteiger partial charge in [-0.1, -0.05) is 6.58 Å². The van der Waals surface area contributed by atoms with Gasteiger partial charge in [-0.3, -0.25) is 9.69 Å². The van der Waals surface area contributed by atoms with Crippen molar-refractivity contribution >= 4 is 17.2 Å². The molecule has 1 aromatic heterocycles. The van der Waals surface area contributed by atoms with Crippen molar-refractivity contribution in [2.45, 2.75) is 33.2 Å². The fourth-order valence-corrected chi connectivity index (χ4v) is 4.31. The van der Waals surface area contributed by atoms with E-state index >= 15 is 0 Å². The Morgan fingerprint density at radius 1 is 1.36 bits per heavy atom. The van der Waals surface area contributed by atoms with E-state index in [1.807, 2.05) is 11.8 Å². The maximum atomic E-state index is 12.1. The molecule has 0 aromatic carbocycles. The van der Waals surface area contributed by atoms with Gasteiger partial charge >= 0.3 is 0 Å². The highest BCUT2D eigenvalue weighted by atomic mass is 32.1. The van der Waals surface area contributed by atoms with Crippen molar-refractivity contribution in [1.29, 1.82) is 0 Å². The fraction of sp³-hybridized carbons (Fsp3) is 0.647. The largest absolute Gasteiger partial charge is 0.338 e. The molecule has 0 bridgehead atoms. The molecule has 3 rings (SSSR count). The van der Waals surface area contributed by atoms with E-state index in [0.717, 1.165) is 37.7 Å². The average molecular weight is 319 g/mol. The molecule has 0 aliphatic carbocycles. The van der Waals surface area contributed by atoms with Crippen molar-refractivity contribution in [3.05, 3.63) is 28.2 Å². The van der Waals surface area contributed by atoms with Gasteiger partial charge in [0.15, 0.2) is 0 Å². The van der Waals surface area contributed by atoms with Crippen LogP contribution in [0.2, 0.25) is 0 Å². The van der Waals surface area contributed by atoms with Crippen molar-refractivity contribution in [3.8, 4) is 0 Å². The first kappa shape index (κ1) is 15.7. The lowest BCUT2D eigenvalue weighted by Crippen LogP contribution is -2.31. The van der Waals surface area contributed by atoms with Crippen LogP contribution in [0, 0.1) is 18.8 Å². The molecule has 1 amide bonds. The van der Waals surface area contributed by atoms with Gasteiger partial charge in [0.2, 0.25) is 5.91 Å². The first-order chi connectivity index (χ1) is 10.5. The highest BCUT2D eigenvalue weighted by Gasteiger charge is 2.36. The number of amides is 1. The first-order valence-electron chi connectivity index (χ1n) is 8.11. The van der Waals surface area contributed by atoms with Crippen molar-refractivity contribution < 1.29 is 4.79 Å². The predicted molar refractivity (Wildman–Crippen MR) is 89.7 cm³/mol. The summed E-state index contributed by atoms with van der Waals surface area (Å²) in [6.45, 7) is 12.7. The standard InChI is InChI=1S/C17H25N3OS/c1-12(2)17(21)20-8-14-4-6-19(7-5-15(14)9-20)10-16-11-22-13(3)18-16/h11,14-15H,1,4-10H2,2-3H3/t14-,15+. The summed E-state index contributed by atoms with van der Waals surface area (Å²) in [4.78, 5) is 21.2. The first-order valence-corrected chi connectivity index (χ1v) is 8.99. The Balaban J connectivity index is 1.55. The van der Waals surface area contributed by atoms with E-state index < -0.39 is 0 Å². The molecule has 0 radical (unpaired) electrons. The second-order valence-electron chi connectivity index (χ2n) is 6.72. The van der Waals surface area contributed by atoms with Gasteiger partial charge in [0.25, 0.3) is 0 Å². The summed E-state index contributed by atoms with van der Waals surface area (Å²) in [5.74, 6) is 1.46. The molecule has 120 valence electrons. The molecule has 0 unspecified atom stereocenters. The molecule has 1 aromatic rings. The maximum Gasteiger partial charge on any atom is 0.248 e. The Bertz CT molecular complexity index is 552. The molecule has 2 aliphatic rings. The molecule has 0 spiro atoms. The quantitative estimate of drug-likeness (QED) is 0.804. The topological polar surface area (TPSA) is 36.4 Å². The number of fused-ring (bicyclic) bond motifs is 1. The van der Waals surface area contributed by atoms with E-state index in [4.69, 9.17) is 0 Å². The highest BCUT2D eigenvalue weighted by Crippen LogP contribution is 2.32. The number of hydrogen-bond acceptors (Lipinski definition) is 4. The van der Waals surface area contributed by atoms with Crippen molar-refractivity contribution in [2.24, 2.45) is 11.8 Å². The number of aromatic nitrogens is 1. The van der Waals surface area contributed by atoms with Gasteiger partial charge < -0.3 is 4.90 Å². The second-order valence-corrected chi connectivity index (χ2v) is 7.78. The minimum absolute atomic E-state index is 0.142. The third-order valence-electron chi connectivity index (χ3n) is 4.91. The molecular weight excluding hydrogens is 294 g/mol. The molecule has 3 heterocycles. The number of rotatable bonds is 3. The Kier molecular flexibility index (Phi) is 4.64. The number of carbonyl (C=O) groups excluding carboxylic acids is 1. The second kappa shape index (κ2) is 6.50. The van der Waals surface area contributed by atoms with Gasteiger partial charge in [-0.15, -0.1) is 11.3 Å². The van der Waals surface area contributed by atoms with E-state index in [2.05, 4.69) is 28.8 Å². The summed E-state index contributed by atoms with van der Waals surface area (Å²) < 4.78 is 0. The molecule has 22 heavy (non-hydrogen) atoms. The highest BCUT2D eigenvalue weighted by molar-refractivity contribution is 7.09. The van der Waals surface area contributed by atoms with E-state index in [1.54, 1.807) is 11.3 Å². The molecule has 5 heteroatoms. The Labute approximate surface area is 136 Å². The minimum atomic E-state index is 0.142. The number of likely N-dealkylation sites (tertiary alicyclic amines) is 2. The van der Waals surface area contributed by atoms with Crippen LogP contribution in [-0.2, 0) is 11.3 Å². The van der Waals surface area contributed by atoms with Crippen LogP contribution < -0.4 is 0 Å². The maximum absolute atomic E-state index is 12.1. The monoisotopic (exact) mass is 319 g/mol. The fourth-order valence-electron chi connectivity index (χ4n) is 3.71. The third kappa shape index (κ3) is 3.41. The predicted octanol–water partition coefficient (Wildman–Crippen LogP) is 2.70. The van der Waals surface area contributed by atoms with Crippen LogP contribution in [0.4, 0.5) is 0 Å². The minimum Gasteiger partial charge on any atom is -0.338 e. The van der Waals surface area contributed by atoms with Gasteiger partial charge in [-0.2, -0.15) is 0 Å². The van der Waals surface area contributed by atoms with Crippen LogP contribution in [-0.4, -0.2) is 46.9 Å². The summed E-state index contributed by atoms with van der Waals surface area (Å²) in [5.41, 5.74) is 1.87. The average Bonchev–Trinajstić information content (AvgIpc) is 3.02. The van der Waals surface area contributed by atoms with Crippen LogP contribution in [0.15, 0.2) is 17.5 Å². The normalized spacial score (nSPS) is 25.8. The summed E-state index contributed by atoms with van der Waals surface area (Å²) in [6.07, 6.45) is 2.38. The Morgan fingerprint density at radius 3 is 2.50 bits per heavy atom. The van der Waals surface area contributed by atoms with Crippen LogP contribution in [0.1, 0.15) is 30.5 Å². The van der Waals surface area contributed by atoms with Gasteiger partial charge in [0.05, 0.1) is 10.7 Å². The summed E-state index contributed by atoms with van der Waals surface area (Å²) >= 11 is 1.73. The Hall–Kier alpha value is -1.20. The van der Waals surface area contributed by atoms with Crippen LogP contribution >= 0.6 is 11.3 Å². The number of thiazole rings is 1. The zero-order valence-electron chi connectivity index (χ0n) is 13.5. The smallest absolute Gasteiger partial charge is 0.248 e. The Morgan fingerprint density at radius 2 is 2.00 bits per heavy atom. The zero-order chi connectivity index (χ0) is 15.7. The molecule has 2 saturated heterocycles. The third-order valence-corrected chi connectivity index (χ3v) is 5.74. The van der Waals surface area contributed by atoms with Crippen molar-refractivity contribution in [1.82, 2.24) is 14.8 Å². The van der Waals surface area contributed by atoms with Crippen LogP contribution in [0.25, 0.3) is 0 Å². The van der Waals surface area contributed by atoms with E-state index in [1.165, 1.54) is 18.5 Å². The van der Waals surface area contributed by atoms with E-state index in [-0.39, 0.29) is 5.91 Å². The van der Waals surface area contributed by atoms with Crippen LogP contribution in [0.5, 0.6) is 0 Å². The summed E-state index contributed by atoms with van der Waals surface area (Å²) in [6, 6.07) is 0. The van der Waals surface area contributed by atoms with Gasteiger partial charge in [-0.05, 0) is 51.6 Å².